The van der Waals surface area contributed by atoms with Gasteiger partial charge in [0.05, 0.1) is 18.5 Å². The van der Waals surface area contributed by atoms with Crippen molar-refractivity contribution in [1.82, 2.24) is 14.1 Å². The van der Waals surface area contributed by atoms with E-state index in [1.165, 1.54) is 30.0 Å². The van der Waals surface area contributed by atoms with Gasteiger partial charge in [-0.25, -0.2) is 9.78 Å². The van der Waals surface area contributed by atoms with Gasteiger partial charge in [0.2, 0.25) is 0 Å². The molecule has 3 N–H and O–H groups in total. The number of nitrogens with zero attached hydrogens (tertiary/aromatic N) is 3. The predicted molar refractivity (Wildman–Crippen MR) is 88.5 cm³/mol. The molecule has 3 aromatic heterocycles. The zero-order valence-electron chi connectivity index (χ0n) is 12.6. The number of anilines is 2. The van der Waals surface area contributed by atoms with Crippen LogP contribution in [-0.4, -0.2) is 14.1 Å². The standard InChI is InChI=1S/C14H15N5O3S/c1-18-11(15)10(12(20)19(2)14(18)21)9-7-23-13(17-9)16-6-8-4-3-5-22-8/h3-5,7H,6,15H2,1-2H3,(H,16,17). The Labute approximate surface area is 134 Å². The normalized spacial score (nSPS) is 10.9. The molecule has 120 valence electrons. The lowest BCUT2D eigenvalue weighted by Gasteiger charge is -2.09. The Morgan fingerprint density at radius 1 is 1.35 bits per heavy atom. The number of hydrogen-bond acceptors (Lipinski definition) is 7. The number of furan rings is 1. The molecule has 0 aliphatic heterocycles. The van der Waals surface area contributed by atoms with Crippen molar-refractivity contribution >= 4 is 22.3 Å². The van der Waals surface area contributed by atoms with Gasteiger partial charge in [-0.3, -0.25) is 13.9 Å². The molecule has 0 aliphatic carbocycles. The summed E-state index contributed by atoms with van der Waals surface area (Å²) in [5, 5.41) is 5.47. The Kier molecular flexibility index (Phi) is 3.78. The number of nitrogen functional groups attached to an aromatic ring is 1. The van der Waals surface area contributed by atoms with Crippen LogP contribution in [0.15, 0.2) is 37.8 Å². The van der Waals surface area contributed by atoms with Crippen LogP contribution in [0.2, 0.25) is 0 Å². The molecule has 8 nitrogen and oxygen atoms in total. The highest BCUT2D eigenvalue weighted by atomic mass is 32.1. The molecule has 0 saturated carbocycles. The quantitative estimate of drug-likeness (QED) is 0.737. The van der Waals surface area contributed by atoms with Crippen molar-refractivity contribution in [3.63, 3.8) is 0 Å². The second-order valence-corrected chi connectivity index (χ2v) is 5.79. The fraction of sp³-hybridized carbons (Fsp3) is 0.214. The lowest BCUT2D eigenvalue weighted by molar-refractivity contribution is 0.518. The Morgan fingerprint density at radius 3 is 2.83 bits per heavy atom. The molecule has 0 bridgehead atoms. The second-order valence-electron chi connectivity index (χ2n) is 4.94. The van der Waals surface area contributed by atoms with Gasteiger partial charge in [0.15, 0.2) is 5.13 Å². The summed E-state index contributed by atoms with van der Waals surface area (Å²) in [6.07, 6.45) is 1.60. The van der Waals surface area contributed by atoms with Gasteiger partial charge in [0.25, 0.3) is 5.56 Å². The van der Waals surface area contributed by atoms with Gasteiger partial charge in [0.1, 0.15) is 17.1 Å². The smallest absolute Gasteiger partial charge is 0.332 e. The summed E-state index contributed by atoms with van der Waals surface area (Å²) in [5.41, 5.74) is 5.65. The maximum Gasteiger partial charge on any atom is 0.332 e. The molecule has 0 aliphatic rings. The molecule has 0 aromatic carbocycles. The van der Waals surface area contributed by atoms with E-state index in [1.807, 2.05) is 6.07 Å². The maximum absolute atomic E-state index is 12.3. The highest BCUT2D eigenvalue weighted by molar-refractivity contribution is 7.14. The van der Waals surface area contributed by atoms with Gasteiger partial charge < -0.3 is 15.5 Å². The van der Waals surface area contributed by atoms with E-state index in [2.05, 4.69) is 10.3 Å². The van der Waals surface area contributed by atoms with Crippen LogP contribution in [0.5, 0.6) is 0 Å². The van der Waals surface area contributed by atoms with Gasteiger partial charge >= 0.3 is 5.69 Å². The molecule has 3 heterocycles. The number of rotatable bonds is 4. The number of nitrogens with two attached hydrogens (primary N) is 1. The first kappa shape index (κ1) is 15.1. The van der Waals surface area contributed by atoms with Crippen LogP contribution in [0, 0.1) is 0 Å². The van der Waals surface area contributed by atoms with Crippen molar-refractivity contribution in [1.29, 1.82) is 0 Å². The molecule has 3 rings (SSSR count). The lowest BCUT2D eigenvalue weighted by Crippen LogP contribution is -2.39. The number of hydrogen-bond donors (Lipinski definition) is 2. The van der Waals surface area contributed by atoms with E-state index in [4.69, 9.17) is 10.2 Å². The molecule has 9 heteroatoms. The zero-order chi connectivity index (χ0) is 16.6. The summed E-state index contributed by atoms with van der Waals surface area (Å²) in [6.45, 7) is 0.487. The predicted octanol–water partition coefficient (Wildman–Crippen LogP) is 0.995. The summed E-state index contributed by atoms with van der Waals surface area (Å²) >= 11 is 1.34. The molecule has 3 aromatic rings. The van der Waals surface area contributed by atoms with E-state index in [9.17, 15) is 9.59 Å². The number of thiazole rings is 1. The Morgan fingerprint density at radius 2 is 2.13 bits per heavy atom. The van der Waals surface area contributed by atoms with E-state index >= 15 is 0 Å². The third-order valence-corrected chi connectivity index (χ3v) is 4.26. The van der Waals surface area contributed by atoms with Crippen LogP contribution < -0.4 is 22.3 Å². The van der Waals surface area contributed by atoms with E-state index < -0.39 is 11.2 Å². The van der Waals surface area contributed by atoms with Gasteiger partial charge in [-0.15, -0.1) is 11.3 Å². The molecular formula is C14H15N5O3S. The van der Waals surface area contributed by atoms with Crippen LogP contribution in [-0.2, 0) is 20.6 Å². The van der Waals surface area contributed by atoms with Gasteiger partial charge in [0, 0.05) is 19.5 Å². The van der Waals surface area contributed by atoms with Crippen molar-refractivity contribution < 1.29 is 4.42 Å². The van der Waals surface area contributed by atoms with E-state index in [0.717, 1.165) is 10.3 Å². The van der Waals surface area contributed by atoms with Crippen LogP contribution >= 0.6 is 11.3 Å². The molecule has 0 atom stereocenters. The first-order valence-electron chi connectivity index (χ1n) is 6.76. The summed E-state index contributed by atoms with van der Waals surface area (Å²) in [6, 6.07) is 3.65. The first-order chi connectivity index (χ1) is 11.0. The molecular weight excluding hydrogens is 318 g/mol. The average molecular weight is 333 g/mol. The summed E-state index contributed by atoms with van der Waals surface area (Å²) in [7, 11) is 2.93. The van der Waals surface area contributed by atoms with Gasteiger partial charge in [-0.05, 0) is 12.1 Å². The largest absolute Gasteiger partial charge is 0.467 e. The fourth-order valence-corrected chi connectivity index (χ4v) is 2.85. The van der Waals surface area contributed by atoms with Crippen molar-refractivity contribution in [2.24, 2.45) is 14.1 Å². The summed E-state index contributed by atoms with van der Waals surface area (Å²) in [5.74, 6) is 0.875. The van der Waals surface area contributed by atoms with E-state index in [0.29, 0.717) is 17.4 Å². The molecule has 23 heavy (non-hydrogen) atoms. The van der Waals surface area contributed by atoms with Crippen molar-refractivity contribution in [3.05, 3.63) is 50.4 Å². The summed E-state index contributed by atoms with van der Waals surface area (Å²) in [4.78, 5) is 28.5. The van der Waals surface area contributed by atoms with Crippen molar-refractivity contribution in [3.8, 4) is 11.3 Å². The van der Waals surface area contributed by atoms with Crippen LogP contribution in [0.25, 0.3) is 11.3 Å². The highest BCUT2D eigenvalue weighted by Gasteiger charge is 2.17. The Bertz CT molecular complexity index is 952. The Hall–Kier alpha value is -2.81. The average Bonchev–Trinajstić information content (AvgIpc) is 3.21. The molecule has 0 saturated heterocycles. The topological polar surface area (TPSA) is 108 Å². The molecule has 0 fully saturated rings. The summed E-state index contributed by atoms with van der Waals surface area (Å²) < 4.78 is 7.48. The maximum atomic E-state index is 12.3. The van der Waals surface area contributed by atoms with Gasteiger partial charge in [-0.2, -0.15) is 0 Å². The van der Waals surface area contributed by atoms with Crippen molar-refractivity contribution in [2.75, 3.05) is 11.1 Å². The minimum atomic E-state index is -0.470. The zero-order valence-corrected chi connectivity index (χ0v) is 13.4. The van der Waals surface area contributed by atoms with Crippen LogP contribution in [0.4, 0.5) is 10.9 Å². The number of nitrogens with one attached hydrogen (secondary N) is 1. The van der Waals surface area contributed by atoms with E-state index in [1.54, 1.807) is 17.7 Å². The monoisotopic (exact) mass is 333 g/mol. The molecule has 0 radical (unpaired) electrons. The minimum absolute atomic E-state index is 0.0981. The highest BCUT2D eigenvalue weighted by Crippen LogP contribution is 2.25. The lowest BCUT2D eigenvalue weighted by atomic mass is 10.2. The van der Waals surface area contributed by atoms with Crippen LogP contribution in [0.1, 0.15) is 5.76 Å². The minimum Gasteiger partial charge on any atom is -0.467 e. The molecule has 0 spiro atoms. The van der Waals surface area contributed by atoms with Crippen LogP contribution in [0.3, 0.4) is 0 Å². The first-order valence-corrected chi connectivity index (χ1v) is 7.64. The SMILES string of the molecule is Cn1c(N)c(-c2csc(NCc3ccco3)n2)c(=O)n(C)c1=O. The Balaban J connectivity index is 1.95. The second kappa shape index (κ2) is 5.76. The van der Waals surface area contributed by atoms with Crippen molar-refractivity contribution in [2.45, 2.75) is 6.54 Å². The van der Waals surface area contributed by atoms with E-state index in [-0.39, 0.29) is 11.4 Å². The van der Waals surface area contributed by atoms with Gasteiger partial charge in [-0.1, -0.05) is 0 Å². The number of aromatic nitrogens is 3. The third-order valence-electron chi connectivity index (χ3n) is 3.46. The molecule has 0 amide bonds. The fourth-order valence-electron chi connectivity index (χ4n) is 2.15. The third kappa shape index (κ3) is 2.66. The molecule has 0 unspecified atom stereocenters.